The fourth-order valence-electron chi connectivity index (χ4n) is 1.63. The molecule has 2 aromatic heterocycles. The quantitative estimate of drug-likeness (QED) is 0.922. The van der Waals surface area contributed by atoms with Crippen LogP contribution >= 0.6 is 11.3 Å². The van der Waals surface area contributed by atoms with E-state index in [9.17, 15) is 12.8 Å². The van der Waals surface area contributed by atoms with Crippen molar-refractivity contribution in [1.29, 1.82) is 0 Å². The first-order chi connectivity index (χ1) is 9.04. The van der Waals surface area contributed by atoms with E-state index in [0.717, 1.165) is 22.9 Å². The highest BCUT2D eigenvalue weighted by molar-refractivity contribution is 7.89. The standard InChI is InChI=1S/C12H13FN2O2S2/c1-2-9-5-7-18-11(9)8-15-19(16,17)12-10(13)4-3-6-14-12/h3-7,15H,2,8H2,1H3. The molecule has 0 aliphatic carbocycles. The third-order valence-corrected chi connectivity index (χ3v) is 4.92. The van der Waals surface area contributed by atoms with Gasteiger partial charge in [0.05, 0.1) is 0 Å². The molecule has 7 heteroatoms. The number of thiophene rings is 1. The lowest BCUT2D eigenvalue weighted by Gasteiger charge is -2.06. The van der Waals surface area contributed by atoms with Crippen LogP contribution in [-0.4, -0.2) is 13.4 Å². The molecule has 2 aromatic rings. The Bertz CT molecular complexity index is 668. The number of rotatable bonds is 5. The van der Waals surface area contributed by atoms with E-state index in [1.165, 1.54) is 23.6 Å². The second kappa shape index (κ2) is 5.77. The normalized spacial score (nSPS) is 11.7. The topological polar surface area (TPSA) is 59.1 Å². The highest BCUT2D eigenvalue weighted by Crippen LogP contribution is 2.18. The largest absolute Gasteiger partial charge is 0.261 e. The van der Waals surface area contributed by atoms with Crippen LogP contribution < -0.4 is 4.72 Å². The Morgan fingerprint density at radius 3 is 2.89 bits per heavy atom. The molecular formula is C12H13FN2O2S2. The monoisotopic (exact) mass is 300 g/mol. The number of aromatic nitrogens is 1. The number of hydrogen-bond acceptors (Lipinski definition) is 4. The van der Waals surface area contributed by atoms with E-state index in [1.54, 1.807) is 0 Å². The second-order valence-electron chi connectivity index (χ2n) is 3.84. The molecule has 0 aromatic carbocycles. The van der Waals surface area contributed by atoms with Gasteiger partial charge in [0.2, 0.25) is 5.03 Å². The Labute approximate surface area is 115 Å². The van der Waals surface area contributed by atoms with Crippen molar-refractivity contribution in [2.24, 2.45) is 0 Å². The van der Waals surface area contributed by atoms with E-state index in [1.807, 2.05) is 18.4 Å². The average Bonchev–Trinajstić information content (AvgIpc) is 2.84. The highest BCUT2D eigenvalue weighted by atomic mass is 32.2. The molecule has 0 aliphatic heterocycles. The smallest absolute Gasteiger partial charge is 0.241 e. The van der Waals surface area contributed by atoms with Gasteiger partial charge in [0, 0.05) is 17.6 Å². The van der Waals surface area contributed by atoms with E-state index in [2.05, 4.69) is 9.71 Å². The molecule has 0 atom stereocenters. The van der Waals surface area contributed by atoms with E-state index >= 15 is 0 Å². The summed E-state index contributed by atoms with van der Waals surface area (Å²) in [5.74, 6) is -0.850. The van der Waals surface area contributed by atoms with Gasteiger partial charge < -0.3 is 0 Å². The minimum absolute atomic E-state index is 0.152. The predicted molar refractivity (Wildman–Crippen MR) is 71.9 cm³/mol. The maximum absolute atomic E-state index is 13.4. The minimum atomic E-state index is -3.92. The summed E-state index contributed by atoms with van der Waals surface area (Å²) in [6.07, 6.45) is 2.08. The van der Waals surface area contributed by atoms with Crippen molar-refractivity contribution < 1.29 is 12.8 Å². The van der Waals surface area contributed by atoms with Crippen LogP contribution in [0.4, 0.5) is 4.39 Å². The first kappa shape index (κ1) is 14.1. The molecule has 19 heavy (non-hydrogen) atoms. The summed E-state index contributed by atoms with van der Waals surface area (Å²) in [5, 5.41) is 1.34. The van der Waals surface area contributed by atoms with E-state index in [0.29, 0.717) is 0 Å². The van der Waals surface area contributed by atoms with Crippen molar-refractivity contribution in [1.82, 2.24) is 9.71 Å². The van der Waals surface area contributed by atoms with Crippen molar-refractivity contribution in [3.8, 4) is 0 Å². The molecule has 0 spiro atoms. The number of halogens is 1. The zero-order chi connectivity index (χ0) is 13.9. The van der Waals surface area contributed by atoms with Crippen molar-refractivity contribution in [2.45, 2.75) is 24.9 Å². The fourth-order valence-corrected chi connectivity index (χ4v) is 3.64. The number of nitrogens with one attached hydrogen (secondary N) is 1. The molecule has 0 aliphatic rings. The highest BCUT2D eigenvalue weighted by Gasteiger charge is 2.20. The molecule has 2 heterocycles. The number of pyridine rings is 1. The van der Waals surface area contributed by atoms with Crippen LogP contribution in [0.25, 0.3) is 0 Å². The number of sulfonamides is 1. The van der Waals surface area contributed by atoms with Crippen LogP contribution in [0, 0.1) is 5.82 Å². The molecule has 0 bridgehead atoms. The molecule has 102 valence electrons. The Morgan fingerprint density at radius 2 is 2.21 bits per heavy atom. The molecule has 0 unspecified atom stereocenters. The summed E-state index contributed by atoms with van der Waals surface area (Å²) in [6, 6.07) is 4.38. The lowest BCUT2D eigenvalue weighted by molar-refractivity contribution is 0.544. The molecule has 0 radical (unpaired) electrons. The third-order valence-electron chi connectivity index (χ3n) is 2.62. The lowest BCUT2D eigenvalue weighted by atomic mass is 10.2. The van der Waals surface area contributed by atoms with Gasteiger partial charge in [-0.3, -0.25) is 0 Å². The van der Waals surface area contributed by atoms with Gasteiger partial charge in [-0.1, -0.05) is 6.92 Å². The van der Waals surface area contributed by atoms with Gasteiger partial charge in [0.25, 0.3) is 10.0 Å². The number of hydrogen-bond donors (Lipinski definition) is 1. The summed E-state index contributed by atoms with van der Waals surface area (Å²) >= 11 is 1.47. The maximum atomic E-state index is 13.4. The lowest BCUT2D eigenvalue weighted by Crippen LogP contribution is -2.25. The molecule has 4 nitrogen and oxygen atoms in total. The van der Waals surface area contributed by atoms with Crippen LogP contribution in [0.2, 0.25) is 0 Å². The first-order valence-electron chi connectivity index (χ1n) is 5.70. The first-order valence-corrected chi connectivity index (χ1v) is 8.06. The third kappa shape index (κ3) is 3.17. The summed E-state index contributed by atoms with van der Waals surface area (Å²) < 4.78 is 39.7. The SMILES string of the molecule is CCc1ccsc1CNS(=O)(=O)c1ncccc1F. The Balaban J connectivity index is 2.17. The Kier molecular flexibility index (Phi) is 4.28. The fraction of sp³-hybridized carbons (Fsp3) is 0.250. The number of nitrogens with zero attached hydrogens (tertiary/aromatic N) is 1. The summed E-state index contributed by atoms with van der Waals surface area (Å²) in [6.45, 7) is 2.15. The summed E-state index contributed by atoms with van der Waals surface area (Å²) in [4.78, 5) is 4.50. The van der Waals surface area contributed by atoms with Crippen LogP contribution in [0.3, 0.4) is 0 Å². The summed E-state index contributed by atoms with van der Waals surface area (Å²) in [5.41, 5.74) is 1.09. The van der Waals surface area contributed by atoms with Gasteiger partial charge in [0.1, 0.15) is 0 Å². The molecule has 1 N–H and O–H groups in total. The minimum Gasteiger partial charge on any atom is -0.241 e. The van der Waals surface area contributed by atoms with Gasteiger partial charge in [-0.2, -0.15) is 0 Å². The van der Waals surface area contributed by atoms with Crippen molar-refractivity contribution in [3.05, 3.63) is 46.0 Å². The Hall–Kier alpha value is -1.31. The number of aryl methyl sites for hydroxylation is 1. The van der Waals surface area contributed by atoms with Crippen LogP contribution in [0.15, 0.2) is 34.8 Å². The van der Waals surface area contributed by atoms with Crippen LogP contribution in [0.1, 0.15) is 17.4 Å². The van der Waals surface area contributed by atoms with Crippen LogP contribution in [-0.2, 0) is 23.0 Å². The van der Waals surface area contributed by atoms with Gasteiger partial charge >= 0.3 is 0 Å². The Morgan fingerprint density at radius 1 is 1.42 bits per heavy atom. The van der Waals surface area contributed by atoms with Crippen LogP contribution in [0.5, 0.6) is 0 Å². The molecular weight excluding hydrogens is 287 g/mol. The van der Waals surface area contributed by atoms with Crippen molar-refractivity contribution in [2.75, 3.05) is 0 Å². The molecule has 0 saturated heterocycles. The van der Waals surface area contributed by atoms with Gasteiger partial charge in [0.15, 0.2) is 5.82 Å². The van der Waals surface area contributed by atoms with E-state index in [-0.39, 0.29) is 6.54 Å². The van der Waals surface area contributed by atoms with Crippen molar-refractivity contribution in [3.63, 3.8) is 0 Å². The average molecular weight is 300 g/mol. The molecule has 0 fully saturated rings. The van der Waals surface area contributed by atoms with Gasteiger partial charge in [-0.15, -0.1) is 11.3 Å². The zero-order valence-electron chi connectivity index (χ0n) is 10.3. The molecule has 0 amide bonds. The van der Waals surface area contributed by atoms with E-state index < -0.39 is 20.9 Å². The summed E-state index contributed by atoms with van der Waals surface area (Å²) in [7, 11) is -3.92. The van der Waals surface area contributed by atoms with Gasteiger partial charge in [-0.05, 0) is 35.6 Å². The van der Waals surface area contributed by atoms with Gasteiger partial charge in [-0.25, -0.2) is 22.5 Å². The zero-order valence-corrected chi connectivity index (χ0v) is 11.9. The maximum Gasteiger partial charge on any atom is 0.261 e. The second-order valence-corrected chi connectivity index (χ2v) is 6.52. The molecule has 2 rings (SSSR count). The predicted octanol–water partition coefficient (Wildman–Crippen LogP) is 2.32. The van der Waals surface area contributed by atoms with Crippen molar-refractivity contribution >= 4 is 21.4 Å². The van der Waals surface area contributed by atoms with E-state index in [4.69, 9.17) is 0 Å². The molecule has 0 saturated carbocycles.